The number of rotatable bonds is 6. The average Bonchev–Trinajstić information content (AvgIpc) is 3.66. The minimum atomic E-state index is -4.85. The number of halogens is 4. The van der Waals surface area contributed by atoms with Gasteiger partial charge in [0.1, 0.15) is 5.82 Å². The lowest BCUT2D eigenvalue weighted by Crippen LogP contribution is -2.49. The molecule has 0 spiro atoms. The fourth-order valence-electron chi connectivity index (χ4n) is 6.55. The van der Waals surface area contributed by atoms with E-state index in [1.807, 2.05) is 12.1 Å². The highest BCUT2D eigenvalue weighted by Crippen LogP contribution is 2.62. The van der Waals surface area contributed by atoms with E-state index in [1.54, 1.807) is 11.0 Å². The molecule has 0 aromatic heterocycles. The smallest absolute Gasteiger partial charge is 0.320 e. The van der Waals surface area contributed by atoms with Crippen LogP contribution in [0.1, 0.15) is 62.1 Å². The fraction of sp³-hybridized carbons (Fsp3) is 0.533. The molecule has 2 aliphatic carbocycles. The lowest BCUT2D eigenvalue weighted by molar-refractivity contribution is -0.139. The van der Waals surface area contributed by atoms with Crippen molar-refractivity contribution >= 4 is 11.7 Å². The quantitative estimate of drug-likeness (QED) is 0.409. The summed E-state index contributed by atoms with van der Waals surface area (Å²) in [6, 6.07) is 12.1. The van der Waals surface area contributed by atoms with E-state index < -0.39 is 23.6 Å². The number of amides is 2. The standard InChI is InChI=1S/C30H34F4N4O/c1-20-8-11-37(12-9-20)13-14-38(28(39)36-24-5-6-27(31)26(17-24)30(32,33)34)25-7-10-29(18-23(29)16-25)22-4-2-3-21(15-22)19-35/h2-6,15,17,20,23,25H,7-14,16,18H2,1H3,(H,36,39)/t23?,25-,29+/m0/s1. The van der Waals surface area contributed by atoms with Crippen molar-refractivity contribution < 1.29 is 22.4 Å². The average molecular weight is 543 g/mol. The number of alkyl halides is 3. The molecule has 1 heterocycles. The van der Waals surface area contributed by atoms with E-state index >= 15 is 0 Å². The molecule has 1 aliphatic heterocycles. The van der Waals surface area contributed by atoms with Gasteiger partial charge in [0.25, 0.3) is 0 Å². The Morgan fingerprint density at radius 1 is 1.18 bits per heavy atom. The Labute approximate surface area is 226 Å². The van der Waals surface area contributed by atoms with E-state index in [0.29, 0.717) is 36.6 Å². The minimum absolute atomic E-state index is 0.0348. The maximum absolute atomic E-state index is 13.8. The van der Waals surface area contributed by atoms with E-state index in [9.17, 15) is 27.6 Å². The highest BCUT2D eigenvalue weighted by atomic mass is 19.4. The Morgan fingerprint density at radius 3 is 2.64 bits per heavy atom. The van der Waals surface area contributed by atoms with Crippen molar-refractivity contribution in [3.63, 3.8) is 0 Å². The van der Waals surface area contributed by atoms with Crippen molar-refractivity contribution in [2.45, 2.75) is 63.1 Å². The molecule has 2 saturated carbocycles. The Hall–Kier alpha value is -3.12. The van der Waals surface area contributed by atoms with Crippen molar-refractivity contribution in [1.29, 1.82) is 5.26 Å². The Morgan fingerprint density at radius 2 is 1.95 bits per heavy atom. The number of anilines is 1. The molecule has 5 nitrogen and oxygen atoms in total. The van der Waals surface area contributed by atoms with Gasteiger partial charge >= 0.3 is 12.2 Å². The highest BCUT2D eigenvalue weighted by Gasteiger charge is 2.58. The molecule has 39 heavy (non-hydrogen) atoms. The number of carbonyl (C=O) groups excluding carboxylic acids is 1. The van der Waals surface area contributed by atoms with Gasteiger partial charge in [0.2, 0.25) is 0 Å². The van der Waals surface area contributed by atoms with Crippen molar-refractivity contribution in [1.82, 2.24) is 9.80 Å². The lowest BCUT2D eigenvalue weighted by Gasteiger charge is -2.39. The van der Waals surface area contributed by atoms with Gasteiger partial charge in [-0.2, -0.15) is 18.4 Å². The third kappa shape index (κ3) is 5.91. The molecule has 2 aromatic rings. The number of urea groups is 1. The topological polar surface area (TPSA) is 59.4 Å². The number of likely N-dealkylation sites (tertiary alicyclic amines) is 1. The summed E-state index contributed by atoms with van der Waals surface area (Å²) in [5.74, 6) is -0.295. The van der Waals surface area contributed by atoms with Crippen LogP contribution >= 0.6 is 0 Å². The third-order valence-corrected chi connectivity index (χ3v) is 9.04. The zero-order valence-corrected chi connectivity index (χ0v) is 22.1. The van der Waals surface area contributed by atoms with Gasteiger partial charge in [-0.25, -0.2) is 9.18 Å². The number of nitriles is 1. The first-order chi connectivity index (χ1) is 18.6. The van der Waals surface area contributed by atoms with Crippen LogP contribution in [0.15, 0.2) is 42.5 Å². The van der Waals surface area contributed by atoms with Crippen LogP contribution in [0.4, 0.5) is 28.0 Å². The molecular weight excluding hydrogens is 508 g/mol. The van der Waals surface area contributed by atoms with Crippen molar-refractivity contribution in [3.05, 3.63) is 65.0 Å². The van der Waals surface area contributed by atoms with Crippen LogP contribution < -0.4 is 5.32 Å². The van der Waals surface area contributed by atoms with E-state index in [1.165, 1.54) is 11.6 Å². The molecule has 1 saturated heterocycles. The van der Waals surface area contributed by atoms with E-state index in [0.717, 1.165) is 57.7 Å². The Balaban J connectivity index is 1.31. The monoisotopic (exact) mass is 542 g/mol. The van der Waals surface area contributed by atoms with Gasteiger partial charge in [-0.15, -0.1) is 0 Å². The summed E-state index contributed by atoms with van der Waals surface area (Å²) in [5, 5.41) is 11.9. The molecule has 9 heteroatoms. The van der Waals surface area contributed by atoms with Gasteiger partial charge in [0.15, 0.2) is 0 Å². The van der Waals surface area contributed by atoms with Crippen LogP contribution in [0.3, 0.4) is 0 Å². The predicted octanol–water partition coefficient (Wildman–Crippen LogP) is 6.79. The van der Waals surface area contributed by atoms with E-state index in [2.05, 4.69) is 29.3 Å². The van der Waals surface area contributed by atoms with Gasteiger partial charge in [0.05, 0.1) is 17.2 Å². The van der Waals surface area contributed by atoms with Gasteiger partial charge in [-0.05, 0) is 105 Å². The van der Waals surface area contributed by atoms with E-state index in [-0.39, 0.29) is 17.1 Å². The van der Waals surface area contributed by atoms with Crippen molar-refractivity contribution in [2.24, 2.45) is 11.8 Å². The van der Waals surface area contributed by atoms with Crippen molar-refractivity contribution in [2.75, 3.05) is 31.5 Å². The van der Waals surface area contributed by atoms with Crippen LogP contribution in [-0.2, 0) is 11.6 Å². The van der Waals surface area contributed by atoms with Gasteiger partial charge in [-0.1, -0.05) is 19.1 Å². The number of nitrogens with one attached hydrogen (secondary N) is 1. The summed E-state index contributed by atoms with van der Waals surface area (Å²) in [6.45, 7) is 5.35. The first-order valence-corrected chi connectivity index (χ1v) is 13.8. The summed E-state index contributed by atoms with van der Waals surface area (Å²) in [4.78, 5) is 17.6. The fourth-order valence-corrected chi connectivity index (χ4v) is 6.55. The maximum atomic E-state index is 13.8. The number of nitrogens with zero attached hydrogens (tertiary/aromatic N) is 3. The summed E-state index contributed by atoms with van der Waals surface area (Å²) < 4.78 is 53.6. The number of fused-ring (bicyclic) bond motifs is 1. The Kier molecular flexibility index (Phi) is 7.60. The molecule has 0 bridgehead atoms. The first kappa shape index (κ1) is 27.4. The molecule has 2 aromatic carbocycles. The molecule has 1 unspecified atom stereocenters. The molecule has 0 radical (unpaired) electrons. The van der Waals surface area contributed by atoms with Crippen LogP contribution in [0.2, 0.25) is 0 Å². The lowest BCUT2D eigenvalue weighted by atomic mass is 9.80. The van der Waals surface area contributed by atoms with Gasteiger partial charge < -0.3 is 15.1 Å². The molecule has 2 amide bonds. The number of piperidine rings is 1. The van der Waals surface area contributed by atoms with Crippen molar-refractivity contribution in [3.8, 4) is 6.07 Å². The molecule has 3 aliphatic rings. The second kappa shape index (κ2) is 10.8. The van der Waals surface area contributed by atoms with Gasteiger partial charge in [-0.3, -0.25) is 0 Å². The summed E-state index contributed by atoms with van der Waals surface area (Å²) in [6.07, 6.45) is 0.835. The summed E-state index contributed by atoms with van der Waals surface area (Å²) >= 11 is 0. The SMILES string of the molecule is CC1CCN(CCN(C(=O)Nc2ccc(F)c(C(F)(F)F)c2)[C@H]2CC[C@]3(c4cccc(C#N)c4)CC3C2)CC1. The Bertz CT molecular complexity index is 1250. The van der Waals surface area contributed by atoms with Crippen LogP contribution in [-0.4, -0.2) is 48.1 Å². The molecular formula is C30H34F4N4O. The zero-order valence-electron chi connectivity index (χ0n) is 22.1. The predicted molar refractivity (Wildman–Crippen MR) is 141 cm³/mol. The maximum Gasteiger partial charge on any atom is 0.419 e. The molecule has 3 atom stereocenters. The summed E-state index contributed by atoms with van der Waals surface area (Å²) in [7, 11) is 0. The second-order valence-corrected chi connectivity index (χ2v) is 11.5. The molecule has 5 rings (SSSR count). The molecule has 3 fully saturated rings. The van der Waals surface area contributed by atoms with Crippen LogP contribution in [0.25, 0.3) is 0 Å². The first-order valence-electron chi connectivity index (χ1n) is 13.8. The highest BCUT2D eigenvalue weighted by molar-refractivity contribution is 5.89. The third-order valence-electron chi connectivity index (χ3n) is 9.04. The van der Waals surface area contributed by atoms with Crippen LogP contribution in [0, 0.1) is 29.0 Å². The number of hydrogen-bond acceptors (Lipinski definition) is 3. The van der Waals surface area contributed by atoms with Crippen LogP contribution in [0.5, 0.6) is 0 Å². The normalized spacial score (nSPS) is 25.4. The molecule has 208 valence electrons. The zero-order chi connectivity index (χ0) is 27.8. The summed E-state index contributed by atoms with van der Waals surface area (Å²) in [5.41, 5.74) is 0.385. The van der Waals surface area contributed by atoms with E-state index in [4.69, 9.17) is 0 Å². The largest absolute Gasteiger partial charge is 0.419 e. The number of benzene rings is 2. The molecule has 1 N–H and O–H groups in total. The number of carbonyl (C=O) groups is 1. The second-order valence-electron chi connectivity index (χ2n) is 11.5. The van der Waals surface area contributed by atoms with Gasteiger partial charge in [0, 0.05) is 24.8 Å². The minimum Gasteiger partial charge on any atom is -0.320 e. The number of hydrogen-bond donors (Lipinski definition) is 1.